The molecule has 0 aromatic heterocycles. The number of carbonyl (C=O) groups is 1. The molecule has 90 valence electrons. The minimum atomic E-state index is -1.05. The van der Waals surface area contributed by atoms with Crippen molar-refractivity contribution in [3.8, 4) is 0 Å². The average molecular weight is 236 g/mol. The molecule has 0 heterocycles. The van der Waals surface area contributed by atoms with E-state index in [2.05, 4.69) is 6.58 Å². The minimum absolute atomic E-state index is 0.115. The molecule has 1 aromatic carbocycles. The van der Waals surface area contributed by atoms with Crippen LogP contribution < -0.4 is 4.90 Å². The van der Waals surface area contributed by atoms with Crippen molar-refractivity contribution in [2.45, 2.75) is 0 Å². The lowest BCUT2D eigenvalue weighted by Gasteiger charge is -2.20. The first-order chi connectivity index (χ1) is 8.06. The number of aliphatic carboxylic acids is 1. The lowest BCUT2D eigenvalue weighted by Crippen LogP contribution is -2.30. The third-order valence-electron chi connectivity index (χ3n) is 2.09. The Hall–Kier alpha value is -2.37. The number of anilines is 1. The average Bonchev–Trinajstić information content (AvgIpc) is 2.28. The van der Waals surface area contributed by atoms with Gasteiger partial charge in [-0.15, -0.1) is 6.58 Å². The molecule has 0 spiro atoms. The van der Waals surface area contributed by atoms with Gasteiger partial charge in [0.15, 0.2) is 0 Å². The van der Waals surface area contributed by atoms with Crippen LogP contribution in [0.5, 0.6) is 0 Å². The summed E-state index contributed by atoms with van der Waals surface area (Å²) in [6.45, 7) is 3.43. The Kier molecular flexibility index (Phi) is 4.21. The van der Waals surface area contributed by atoms with E-state index in [1.54, 1.807) is 6.07 Å². The quantitative estimate of drug-likeness (QED) is 0.461. The van der Waals surface area contributed by atoms with E-state index in [0.717, 1.165) is 0 Å². The first-order valence-corrected chi connectivity index (χ1v) is 4.87. The van der Waals surface area contributed by atoms with Gasteiger partial charge in [-0.3, -0.25) is 14.9 Å². The number of benzene rings is 1. The summed E-state index contributed by atoms with van der Waals surface area (Å²) >= 11 is 0. The van der Waals surface area contributed by atoms with Crippen LogP contribution in [0.2, 0.25) is 0 Å². The summed E-state index contributed by atoms with van der Waals surface area (Å²) in [5, 5.41) is 19.6. The fraction of sp³-hybridized carbons (Fsp3) is 0.182. The zero-order valence-corrected chi connectivity index (χ0v) is 9.07. The van der Waals surface area contributed by atoms with Crippen LogP contribution in [0, 0.1) is 10.1 Å². The molecule has 0 unspecified atom stereocenters. The Morgan fingerprint density at radius 2 is 2.18 bits per heavy atom. The van der Waals surface area contributed by atoms with Crippen molar-refractivity contribution in [2.24, 2.45) is 0 Å². The van der Waals surface area contributed by atoms with Crippen LogP contribution in [0.15, 0.2) is 36.9 Å². The van der Waals surface area contributed by atoms with Crippen LogP contribution in [-0.4, -0.2) is 29.1 Å². The monoisotopic (exact) mass is 236 g/mol. The van der Waals surface area contributed by atoms with Crippen LogP contribution in [0.3, 0.4) is 0 Å². The van der Waals surface area contributed by atoms with Crippen LogP contribution in [0.1, 0.15) is 0 Å². The molecule has 1 rings (SSSR count). The smallest absolute Gasteiger partial charge is 0.323 e. The van der Waals surface area contributed by atoms with Crippen LogP contribution in [0.4, 0.5) is 11.4 Å². The van der Waals surface area contributed by atoms with Crippen molar-refractivity contribution in [2.75, 3.05) is 18.0 Å². The van der Waals surface area contributed by atoms with Gasteiger partial charge in [-0.25, -0.2) is 0 Å². The van der Waals surface area contributed by atoms with Gasteiger partial charge in [0, 0.05) is 12.6 Å². The largest absolute Gasteiger partial charge is 0.480 e. The maximum absolute atomic E-state index is 10.8. The van der Waals surface area contributed by atoms with Gasteiger partial charge in [0.05, 0.1) is 4.92 Å². The zero-order chi connectivity index (χ0) is 12.8. The molecule has 0 radical (unpaired) electrons. The van der Waals surface area contributed by atoms with E-state index in [1.807, 2.05) is 0 Å². The molecule has 0 amide bonds. The Morgan fingerprint density at radius 1 is 1.53 bits per heavy atom. The highest BCUT2D eigenvalue weighted by molar-refractivity contribution is 5.76. The molecule has 0 fully saturated rings. The van der Waals surface area contributed by atoms with E-state index in [-0.39, 0.29) is 24.5 Å². The Balaban J connectivity index is 3.12. The lowest BCUT2D eigenvalue weighted by atomic mass is 10.2. The molecule has 6 nitrogen and oxygen atoms in total. The topological polar surface area (TPSA) is 83.7 Å². The maximum atomic E-state index is 10.8. The van der Waals surface area contributed by atoms with Gasteiger partial charge in [-0.2, -0.15) is 0 Å². The molecule has 0 aliphatic rings. The van der Waals surface area contributed by atoms with Crippen molar-refractivity contribution in [1.29, 1.82) is 0 Å². The zero-order valence-electron chi connectivity index (χ0n) is 9.07. The third kappa shape index (κ3) is 3.30. The van der Waals surface area contributed by atoms with E-state index in [4.69, 9.17) is 5.11 Å². The van der Waals surface area contributed by atoms with Crippen molar-refractivity contribution < 1.29 is 14.8 Å². The number of hydrogen-bond donors (Lipinski definition) is 1. The summed E-state index contributed by atoms with van der Waals surface area (Å²) in [6, 6.07) is 6.02. The van der Waals surface area contributed by atoms with Crippen molar-refractivity contribution >= 4 is 17.3 Å². The molecule has 1 aromatic rings. The summed E-state index contributed by atoms with van der Waals surface area (Å²) < 4.78 is 0. The van der Waals surface area contributed by atoms with Crippen molar-refractivity contribution in [1.82, 2.24) is 0 Å². The first kappa shape index (κ1) is 12.7. The van der Waals surface area contributed by atoms with Crippen LogP contribution in [0.25, 0.3) is 0 Å². The van der Waals surface area contributed by atoms with E-state index in [9.17, 15) is 14.9 Å². The molecular weight excluding hydrogens is 224 g/mol. The van der Waals surface area contributed by atoms with Gasteiger partial charge in [-0.05, 0) is 6.07 Å². The number of carboxylic acid groups (broad SMARTS) is 1. The highest BCUT2D eigenvalue weighted by atomic mass is 16.6. The number of nitro groups is 1. The Bertz CT molecular complexity index is 445. The number of hydrogen-bond acceptors (Lipinski definition) is 4. The summed E-state index contributed by atoms with van der Waals surface area (Å²) in [5.74, 6) is -1.05. The summed E-state index contributed by atoms with van der Waals surface area (Å²) in [6.07, 6.45) is 1.50. The third-order valence-corrected chi connectivity index (χ3v) is 2.09. The van der Waals surface area contributed by atoms with E-state index in [1.165, 1.54) is 29.2 Å². The maximum Gasteiger partial charge on any atom is 0.323 e. The number of nitro benzene ring substituents is 1. The molecule has 0 aliphatic heterocycles. The van der Waals surface area contributed by atoms with Crippen molar-refractivity contribution in [3.63, 3.8) is 0 Å². The molecule has 1 N–H and O–H groups in total. The predicted octanol–water partition coefficient (Wildman–Crippen LogP) is 1.67. The van der Waals surface area contributed by atoms with Crippen molar-refractivity contribution in [3.05, 3.63) is 47.0 Å². The van der Waals surface area contributed by atoms with Crippen LogP contribution >= 0.6 is 0 Å². The summed E-state index contributed by atoms with van der Waals surface area (Å²) in [7, 11) is 0. The van der Waals surface area contributed by atoms with Gasteiger partial charge in [-0.1, -0.05) is 18.2 Å². The Labute approximate surface area is 97.9 Å². The standard InChI is InChI=1S/C11H12N2O4/c1-2-7-12(8-11(14)15)9-5-3-4-6-10(9)13(16)17/h2-6H,1,7-8H2,(H,14,15). The fourth-order valence-electron chi connectivity index (χ4n) is 1.45. The predicted molar refractivity (Wildman–Crippen MR) is 63.1 cm³/mol. The van der Waals surface area contributed by atoms with E-state index < -0.39 is 10.9 Å². The van der Waals surface area contributed by atoms with E-state index >= 15 is 0 Å². The molecule has 0 bridgehead atoms. The van der Waals surface area contributed by atoms with E-state index in [0.29, 0.717) is 0 Å². The molecular formula is C11H12N2O4. The number of rotatable bonds is 6. The number of carboxylic acids is 1. The second-order valence-electron chi connectivity index (χ2n) is 3.31. The van der Waals surface area contributed by atoms with Gasteiger partial charge in [0.1, 0.15) is 12.2 Å². The summed E-state index contributed by atoms with van der Waals surface area (Å²) in [5.41, 5.74) is 0.162. The fourth-order valence-corrected chi connectivity index (χ4v) is 1.45. The molecule has 6 heteroatoms. The lowest BCUT2D eigenvalue weighted by molar-refractivity contribution is -0.384. The minimum Gasteiger partial charge on any atom is -0.480 e. The number of nitrogens with zero attached hydrogens (tertiary/aromatic N) is 2. The van der Waals surface area contributed by atoms with Gasteiger partial charge in [0.2, 0.25) is 0 Å². The number of para-hydroxylation sites is 2. The molecule has 0 aliphatic carbocycles. The van der Waals surface area contributed by atoms with Crippen LogP contribution in [-0.2, 0) is 4.79 Å². The second kappa shape index (κ2) is 5.64. The highest BCUT2D eigenvalue weighted by Crippen LogP contribution is 2.27. The normalized spacial score (nSPS) is 9.65. The highest BCUT2D eigenvalue weighted by Gasteiger charge is 2.19. The second-order valence-corrected chi connectivity index (χ2v) is 3.31. The van der Waals surface area contributed by atoms with Gasteiger partial charge >= 0.3 is 5.97 Å². The SMILES string of the molecule is C=CCN(CC(=O)O)c1ccccc1[N+](=O)[O-]. The van der Waals surface area contributed by atoms with Gasteiger partial charge in [0.25, 0.3) is 5.69 Å². The molecule has 0 atom stereocenters. The molecule has 0 saturated heterocycles. The summed E-state index contributed by atoms with van der Waals surface area (Å²) in [4.78, 5) is 22.4. The Morgan fingerprint density at radius 3 is 2.71 bits per heavy atom. The first-order valence-electron chi connectivity index (χ1n) is 4.87. The molecule has 0 saturated carbocycles. The van der Waals surface area contributed by atoms with Gasteiger partial charge < -0.3 is 10.0 Å². The molecule has 17 heavy (non-hydrogen) atoms.